The van der Waals surface area contributed by atoms with Crippen LogP contribution in [0, 0.1) is 13.8 Å². The summed E-state index contributed by atoms with van der Waals surface area (Å²) in [6.45, 7) is 14.1. The minimum absolute atomic E-state index is 0.136. The van der Waals surface area contributed by atoms with Crippen LogP contribution in [0.3, 0.4) is 0 Å². The highest BCUT2D eigenvalue weighted by atomic mass is 32.1. The van der Waals surface area contributed by atoms with Gasteiger partial charge in [-0.1, -0.05) is 46.9 Å². The molecule has 0 aliphatic heterocycles. The van der Waals surface area contributed by atoms with Crippen LogP contribution in [-0.4, -0.2) is 58.2 Å². The van der Waals surface area contributed by atoms with Gasteiger partial charge in [0.25, 0.3) is 0 Å². The molecule has 0 unspecified atom stereocenters. The van der Waals surface area contributed by atoms with Gasteiger partial charge in [-0.05, 0) is 88.1 Å². The number of alkyl halides is 6. The van der Waals surface area contributed by atoms with Gasteiger partial charge in [-0.25, -0.2) is 0 Å². The number of anilines is 2. The molecule has 2 heterocycles. The second kappa shape index (κ2) is 13.6. The molecule has 4 aromatic rings. The maximum Gasteiger partial charge on any atom is 0.380 e. The second-order valence-corrected chi connectivity index (χ2v) is 13.7. The number of halogens is 6. The lowest BCUT2D eigenvalue weighted by molar-refractivity contribution is -0.254. The van der Waals surface area contributed by atoms with Gasteiger partial charge in [0, 0.05) is 69.6 Å². The summed E-state index contributed by atoms with van der Waals surface area (Å²) in [6.07, 6.45) is 0. The number of allylic oxidation sites excluding steroid dienone is 2. The van der Waals surface area contributed by atoms with E-state index in [4.69, 9.17) is 9.47 Å². The number of methoxy groups -OCH3 is 2. The van der Waals surface area contributed by atoms with Crippen molar-refractivity contribution in [3.8, 4) is 31.0 Å². The second-order valence-electron chi connectivity index (χ2n) is 11.8. The van der Waals surface area contributed by atoms with Crippen LogP contribution >= 0.6 is 22.7 Å². The zero-order chi connectivity index (χ0) is 36.1. The van der Waals surface area contributed by atoms with Crippen molar-refractivity contribution in [2.45, 2.75) is 59.3 Å². The van der Waals surface area contributed by atoms with E-state index in [0.29, 0.717) is 20.9 Å². The molecule has 2 aromatic carbocycles. The Kier molecular flexibility index (Phi) is 10.2. The fourth-order valence-electron chi connectivity index (χ4n) is 6.61. The fraction of sp³-hybridized carbons (Fsp3) is 0.405. The highest BCUT2D eigenvalue weighted by Gasteiger charge is 2.81. The molecule has 264 valence electrons. The zero-order valence-corrected chi connectivity index (χ0v) is 30.4. The third kappa shape index (κ3) is 5.68. The van der Waals surface area contributed by atoms with Crippen LogP contribution in [0.4, 0.5) is 37.7 Å². The Balaban J connectivity index is 1.77. The van der Waals surface area contributed by atoms with Crippen LogP contribution in [0.15, 0.2) is 48.5 Å². The van der Waals surface area contributed by atoms with E-state index in [2.05, 4.69) is 9.80 Å². The van der Waals surface area contributed by atoms with Crippen LogP contribution in [0.2, 0.25) is 0 Å². The molecule has 0 spiro atoms. The van der Waals surface area contributed by atoms with E-state index in [1.165, 1.54) is 28.1 Å². The summed E-state index contributed by atoms with van der Waals surface area (Å²) in [7, 11) is 2.42. The van der Waals surface area contributed by atoms with Gasteiger partial charge in [0.2, 0.25) is 0 Å². The molecular formula is C37H40F6N2O2S2. The first-order valence-electron chi connectivity index (χ1n) is 16.1. The highest BCUT2D eigenvalue weighted by Crippen LogP contribution is 2.68. The third-order valence-corrected chi connectivity index (χ3v) is 11.9. The Morgan fingerprint density at radius 3 is 1.12 bits per heavy atom. The number of ether oxygens (including phenoxy) is 2. The zero-order valence-electron chi connectivity index (χ0n) is 28.7. The van der Waals surface area contributed by atoms with Crippen LogP contribution in [0.5, 0.6) is 10.1 Å². The monoisotopic (exact) mass is 722 g/mol. The number of hydrogen-bond donors (Lipinski definition) is 0. The lowest BCUT2D eigenvalue weighted by Gasteiger charge is -2.26. The molecule has 0 fully saturated rings. The quantitative estimate of drug-likeness (QED) is 0.136. The normalized spacial score (nSPS) is 16.3. The third-order valence-electron chi connectivity index (χ3n) is 9.28. The maximum atomic E-state index is 16.1. The van der Waals surface area contributed by atoms with Crippen molar-refractivity contribution in [2.24, 2.45) is 0 Å². The van der Waals surface area contributed by atoms with Gasteiger partial charge >= 0.3 is 17.8 Å². The average molecular weight is 723 g/mol. The molecule has 1 aliphatic carbocycles. The smallest absolute Gasteiger partial charge is 0.380 e. The molecule has 1 aliphatic rings. The van der Waals surface area contributed by atoms with Crippen LogP contribution in [0.1, 0.15) is 49.9 Å². The molecule has 0 radical (unpaired) electrons. The Hall–Kier alpha value is -3.64. The first-order valence-corrected chi connectivity index (χ1v) is 17.7. The van der Waals surface area contributed by atoms with E-state index >= 15 is 26.3 Å². The number of hydrogen-bond acceptors (Lipinski definition) is 6. The largest absolute Gasteiger partial charge is 0.487 e. The molecule has 4 nitrogen and oxygen atoms in total. The van der Waals surface area contributed by atoms with Gasteiger partial charge in [-0.15, -0.1) is 0 Å². The van der Waals surface area contributed by atoms with Crippen molar-refractivity contribution in [1.82, 2.24) is 0 Å². The first kappa shape index (κ1) is 36.6. The minimum Gasteiger partial charge on any atom is -0.487 e. The van der Waals surface area contributed by atoms with Gasteiger partial charge < -0.3 is 19.3 Å². The Morgan fingerprint density at radius 2 is 0.857 bits per heavy atom. The van der Waals surface area contributed by atoms with E-state index in [0.717, 1.165) is 60.2 Å². The van der Waals surface area contributed by atoms with Crippen molar-refractivity contribution < 1.29 is 35.8 Å². The van der Waals surface area contributed by atoms with Crippen LogP contribution in [0.25, 0.3) is 32.0 Å². The van der Waals surface area contributed by atoms with E-state index in [-0.39, 0.29) is 21.3 Å². The first-order chi connectivity index (χ1) is 23.2. The lowest BCUT2D eigenvalue weighted by atomic mass is 9.91. The number of nitrogens with zero attached hydrogens (tertiary/aromatic N) is 2. The molecule has 12 heteroatoms. The summed E-state index contributed by atoms with van der Waals surface area (Å²) in [5.41, 5.74) is -0.456. The molecule has 2 aromatic heterocycles. The van der Waals surface area contributed by atoms with E-state index in [9.17, 15) is 0 Å². The van der Waals surface area contributed by atoms with E-state index < -0.39 is 40.0 Å². The number of benzene rings is 2. The van der Waals surface area contributed by atoms with E-state index in [1.54, 1.807) is 24.3 Å². The molecule has 0 amide bonds. The predicted molar refractivity (Wildman–Crippen MR) is 191 cm³/mol. The van der Waals surface area contributed by atoms with Gasteiger partial charge in [0.05, 0.1) is 14.2 Å². The molecule has 5 rings (SSSR count). The fourth-order valence-corrected chi connectivity index (χ4v) is 8.88. The van der Waals surface area contributed by atoms with Crippen LogP contribution in [-0.2, 0) is 0 Å². The number of rotatable bonds is 12. The summed E-state index contributed by atoms with van der Waals surface area (Å²) in [5, 5.41) is -0.333. The Bertz CT molecular complexity index is 1710. The summed E-state index contributed by atoms with van der Waals surface area (Å²) in [4.78, 5) is 5.15. The van der Waals surface area contributed by atoms with Gasteiger partial charge in [0.15, 0.2) is 10.1 Å². The van der Waals surface area contributed by atoms with Gasteiger partial charge in [-0.2, -0.15) is 26.3 Å². The van der Waals surface area contributed by atoms with Crippen molar-refractivity contribution >= 4 is 45.2 Å². The van der Waals surface area contributed by atoms with Gasteiger partial charge in [0.1, 0.15) is 0 Å². The van der Waals surface area contributed by atoms with Crippen LogP contribution < -0.4 is 19.3 Å². The number of thiophene rings is 2. The van der Waals surface area contributed by atoms with Crippen molar-refractivity contribution in [3.63, 3.8) is 0 Å². The summed E-state index contributed by atoms with van der Waals surface area (Å²) >= 11 is 1.90. The van der Waals surface area contributed by atoms with E-state index in [1.807, 2.05) is 52.0 Å². The molecule has 0 saturated heterocycles. The average Bonchev–Trinajstić information content (AvgIpc) is 3.62. The lowest BCUT2D eigenvalue weighted by Crippen LogP contribution is -2.49. The van der Waals surface area contributed by atoms with Crippen molar-refractivity contribution in [2.75, 3.05) is 50.2 Å². The molecule has 49 heavy (non-hydrogen) atoms. The molecule has 0 N–H and O–H groups in total. The topological polar surface area (TPSA) is 24.9 Å². The SMILES string of the molecule is CCN(CC)c1ccc(-c2sc(OC)c(C3=C(c4c(OC)sc(-c5ccc(N(CC)CC)cc5)c4C)C(F)(F)C(F)(F)C3(F)F)c2C)cc1. The maximum absolute atomic E-state index is 16.1. The molecule has 0 saturated carbocycles. The Labute approximate surface area is 291 Å². The van der Waals surface area contributed by atoms with Crippen molar-refractivity contribution in [1.29, 1.82) is 0 Å². The summed E-state index contributed by atoms with van der Waals surface area (Å²) in [5.74, 6) is -16.2. The standard InChI is InChI=1S/C37H40F6N2O2S2/c1-9-44(10-2)25-17-13-23(14-18-25)31-21(5)27(33(46-7)48-31)29-30(36(40,41)37(42,43)35(29,38)39)28-22(6)32(49-34(28)47-8)24-15-19-26(20-16-24)45(11-3)12-4/h13-20H,9-12H2,1-8H3. The molecule has 0 bridgehead atoms. The van der Waals surface area contributed by atoms with Gasteiger partial charge in [-0.3, -0.25) is 0 Å². The Morgan fingerprint density at radius 1 is 0.551 bits per heavy atom. The van der Waals surface area contributed by atoms with Crippen molar-refractivity contribution in [3.05, 3.63) is 70.8 Å². The summed E-state index contributed by atoms with van der Waals surface area (Å²) < 4.78 is 107. The summed E-state index contributed by atoms with van der Waals surface area (Å²) in [6, 6.07) is 14.7. The minimum atomic E-state index is -5.74. The highest BCUT2D eigenvalue weighted by molar-refractivity contribution is 7.18. The predicted octanol–water partition coefficient (Wildman–Crippen LogP) is 11.3. The molecule has 0 atom stereocenters. The molecular weight excluding hydrogens is 683 g/mol.